The molecule has 6 nitrogen and oxygen atoms in total. The highest BCUT2D eigenvalue weighted by Crippen LogP contribution is 2.37. The van der Waals surface area contributed by atoms with Crippen molar-refractivity contribution in [2.24, 2.45) is 5.10 Å². The quantitative estimate of drug-likeness (QED) is 0.505. The number of thiophene rings is 1. The van der Waals surface area contributed by atoms with Crippen LogP contribution in [0.4, 0.5) is 5.82 Å². The number of fused-ring (bicyclic) bond motifs is 3. The van der Waals surface area contributed by atoms with Gasteiger partial charge in [-0.05, 0) is 48.9 Å². The van der Waals surface area contributed by atoms with Crippen LogP contribution in [0.1, 0.15) is 28.8 Å². The zero-order valence-electron chi connectivity index (χ0n) is 14.5. The molecule has 1 amide bonds. The number of benzene rings is 1. The van der Waals surface area contributed by atoms with Gasteiger partial charge < -0.3 is 5.32 Å². The number of amides is 1. The van der Waals surface area contributed by atoms with Crippen molar-refractivity contribution in [3.8, 4) is 0 Å². The molecule has 138 valence electrons. The van der Waals surface area contributed by atoms with Crippen LogP contribution in [-0.2, 0) is 17.6 Å². The number of hydrazone groups is 1. The van der Waals surface area contributed by atoms with Crippen molar-refractivity contribution in [2.45, 2.75) is 25.7 Å². The third-order valence-electron chi connectivity index (χ3n) is 4.42. The minimum atomic E-state index is -0.246. The number of halogens is 1. The van der Waals surface area contributed by atoms with Crippen molar-refractivity contribution in [3.05, 3.63) is 51.6 Å². The van der Waals surface area contributed by atoms with Crippen LogP contribution in [0.2, 0.25) is 5.02 Å². The van der Waals surface area contributed by atoms with Crippen molar-refractivity contribution in [1.82, 2.24) is 15.4 Å². The summed E-state index contributed by atoms with van der Waals surface area (Å²) in [4.78, 5) is 23.2. The third-order valence-corrected chi connectivity index (χ3v) is 5.85. The van der Waals surface area contributed by atoms with Crippen LogP contribution in [0, 0.1) is 0 Å². The van der Waals surface area contributed by atoms with Crippen LogP contribution in [0.25, 0.3) is 10.2 Å². The molecule has 0 spiro atoms. The van der Waals surface area contributed by atoms with Gasteiger partial charge in [-0.15, -0.1) is 11.3 Å². The Morgan fingerprint density at radius 1 is 1.30 bits per heavy atom. The lowest BCUT2D eigenvalue weighted by Crippen LogP contribution is -2.26. The number of nitrogens with zero attached hydrogens (tertiary/aromatic N) is 3. The molecule has 4 rings (SSSR count). The van der Waals surface area contributed by atoms with Gasteiger partial charge in [-0.3, -0.25) is 4.79 Å². The number of aromatic nitrogens is 2. The number of anilines is 1. The molecule has 0 saturated carbocycles. The molecule has 2 N–H and O–H groups in total. The van der Waals surface area contributed by atoms with Gasteiger partial charge in [-0.25, -0.2) is 15.4 Å². The average Bonchev–Trinajstić information content (AvgIpc) is 3.05. The van der Waals surface area contributed by atoms with E-state index in [0.717, 1.165) is 28.6 Å². The Kier molecular flexibility index (Phi) is 5.31. The van der Waals surface area contributed by atoms with Gasteiger partial charge in [0, 0.05) is 9.90 Å². The van der Waals surface area contributed by atoms with Crippen LogP contribution in [0.15, 0.2) is 35.7 Å². The summed E-state index contributed by atoms with van der Waals surface area (Å²) in [5, 5.41) is 8.78. The summed E-state index contributed by atoms with van der Waals surface area (Å²) in [5.41, 5.74) is 4.66. The van der Waals surface area contributed by atoms with Gasteiger partial charge in [0.1, 0.15) is 17.0 Å². The van der Waals surface area contributed by atoms with Gasteiger partial charge in [0.2, 0.25) is 0 Å². The highest BCUT2D eigenvalue weighted by Gasteiger charge is 2.19. The van der Waals surface area contributed by atoms with E-state index in [2.05, 4.69) is 25.8 Å². The molecule has 0 radical (unpaired) electrons. The number of carbonyl (C=O) groups is 1. The Morgan fingerprint density at radius 2 is 2.19 bits per heavy atom. The van der Waals surface area contributed by atoms with Crippen molar-refractivity contribution >= 4 is 51.1 Å². The smallest absolute Gasteiger partial charge is 0.259 e. The van der Waals surface area contributed by atoms with Crippen LogP contribution < -0.4 is 10.7 Å². The van der Waals surface area contributed by atoms with Gasteiger partial charge in [0.05, 0.1) is 18.1 Å². The molecule has 0 aliphatic heterocycles. The maximum atomic E-state index is 12.1. The van der Waals surface area contributed by atoms with E-state index in [-0.39, 0.29) is 12.5 Å². The molecule has 0 fully saturated rings. The largest absolute Gasteiger partial charge is 0.360 e. The van der Waals surface area contributed by atoms with Crippen molar-refractivity contribution < 1.29 is 4.79 Å². The second-order valence-electron chi connectivity index (χ2n) is 6.32. The van der Waals surface area contributed by atoms with Gasteiger partial charge in [-0.1, -0.05) is 23.7 Å². The first-order valence-corrected chi connectivity index (χ1v) is 9.97. The Bertz CT molecular complexity index is 1020. The normalized spacial score (nSPS) is 13.7. The minimum absolute atomic E-state index is 0.0869. The van der Waals surface area contributed by atoms with Crippen LogP contribution in [0.5, 0.6) is 0 Å². The summed E-state index contributed by atoms with van der Waals surface area (Å²) in [6, 6.07) is 7.24. The fraction of sp³-hybridized carbons (Fsp3) is 0.263. The van der Waals surface area contributed by atoms with E-state index in [9.17, 15) is 4.79 Å². The van der Waals surface area contributed by atoms with E-state index in [4.69, 9.17) is 11.6 Å². The lowest BCUT2D eigenvalue weighted by Gasteiger charge is -2.12. The van der Waals surface area contributed by atoms with Crippen LogP contribution >= 0.6 is 22.9 Å². The number of hydrogen-bond donors (Lipinski definition) is 2. The first kappa shape index (κ1) is 17.9. The molecule has 2 aromatic heterocycles. The van der Waals surface area contributed by atoms with Crippen molar-refractivity contribution in [1.29, 1.82) is 0 Å². The summed E-state index contributed by atoms with van der Waals surface area (Å²) in [6.07, 6.45) is 7.67. The summed E-state index contributed by atoms with van der Waals surface area (Å²) in [6.45, 7) is 0.0869. The van der Waals surface area contributed by atoms with E-state index in [1.54, 1.807) is 36.0 Å². The predicted octanol–water partition coefficient (Wildman–Crippen LogP) is 3.79. The molecule has 1 aromatic carbocycles. The number of aryl methyl sites for hydroxylation is 2. The maximum absolute atomic E-state index is 12.1. The summed E-state index contributed by atoms with van der Waals surface area (Å²) in [7, 11) is 0. The molecule has 0 atom stereocenters. The summed E-state index contributed by atoms with van der Waals surface area (Å²) in [5.74, 6) is 0.470. The average molecular weight is 400 g/mol. The molecular formula is C19H18ClN5OS. The lowest BCUT2D eigenvalue weighted by atomic mass is 9.97. The Hall–Kier alpha value is -2.51. The fourth-order valence-corrected chi connectivity index (χ4v) is 4.62. The molecule has 27 heavy (non-hydrogen) atoms. The molecule has 0 unspecified atom stereocenters. The van der Waals surface area contributed by atoms with E-state index in [0.29, 0.717) is 10.8 Å². The fourth-order valence-electron chi connectivity index (χ4n) is 3.19. The Labute approximate surface area is 165 Å². The third kappa shape index (κ3) is 4.09. The number of hydrogen-bond acceptors (Lipinski definition) is 6. The second kappa shape index (κ2) is 8.02. The molecule has 1 aliphatic carbocycles. The lowest BCUT2D eigenvalue weighted by molar-refractivity contribution is -0.119. The summed E-state index contributed by atoms with van der Waals surface area (Å²) >= 11 is 7.66. The Balaban J connectivity index is 1.41. The highest BCUT2D eigenvalue weighted by atomic mass is 35.5. The zero-order valence-corrected chi connectivity index (χ0v) is 16.1. The van der Waals surface area contributed by atoms with Crippen molar-refractivity contribution in [3.63, 3.8) is 0 Å². The topological polar surface area (TPSA) is 79.3 Å². The van der Waals surface area contributed by atoms with Crippen LogP contribution in [-0.4, -0.2) is 28.6 Å². The SMILES string of the molecule is O=C(CNc1ncnc2sc3c(c12)CCCC3)N/N=C/c1cccc(Cl)c1. The van der Waals surface area contributed by atoms with E-state index in [1.807, 2.05) is 12.1 Å². The van der Waals surface area contributed by atoms with E-state index >= 15 is 0 Å². The summed E-state index contributed by atoms with van der Waals surface area (Å²) < 4.78 is 0. The molecule has 2 heterocycles. The van der Waals surface area contributed by atoms with Crippen LogP contribution in [0.3, 0.4) is 0 Å². The van der Waals surface area contributed by atoms with Crippen molar-refractivity contribution in [2.75, 3.05) is 11.9 Å². The minimum Gasteiger partial charge on any atom is -0.360 e. The maximum Gasteiger partial charge on any atom is 0.259 e. The molecule has 0 saturated heterocycles. The molecular weight excluding hydrogens is 382 g/mol. The number of rotatable bonds is 5. The molecule has 0 bridgehead atoms. The second-order valence-corrected chi connectivity index (χ2v) is 7.84. The standard InChI is InChI=1S/C19H18ClN5OS/c20-13-5-3-4-12(8-13)9-24-25-16(26)10-21-18-17-14-6-1-2-7-15(14)27-19(17)23-11-22-18/h3-5,8-9,11H,1-2,6-7,10H2,(H,25,26)(H,21,22,23)/b24-9+. The number of nitrogens with one attached hydrogen (secondary N) is 2. The van der Waals surface area contributed by atoms with Gasteiger partial charge in [0.25, 0.3) is 5.91 Å². The Morgan fingerprint density at radius 3 is 3.07 bits per heavy atom. The van der Waals surface area contributed by atoms with Gasteiger partial charge >= 0.3 is 0 Å². The zero-order chi connectivity index (χ0) is 18.6. The highest BCUT2D eigenvalue weighted by molar-refractivity contribution is 7.19. The molecule has 8 heteroatoms. The monoisotopic (exact) mass is 399 g/mol. The predicted molar refractivity (Wildman–Crippen MR) is 110 cm³/mol. The van der Waals surface area contributed by atoms with E-state index < -0.39 is 0 Å². The number of carbonyl (C=O) groups excluding carboxylic acids is 1. The molecule has 3 aromatic rings. The molecule has 1 aliphatic rings. The first-order valence-electron chi connectivity index (χ1n) is 8.77. The van der Waals surface area contributed by atoms with Gasteiger partial charge in [-0.2, -0.15) is 5.10 Å². The van der Waals surface area contributed by atoms with E-state index in [1.165, 1.54) is 23.3 Å². The first-order chi connectivity index (χ1) is 13.2. The van der Waals surface area contributed by atoms with Gasteiger partial charge in [0.15, 0.2) is 0 Å².